The van der Waals surface area contributed by atoms with Crippen molar-refractivity contribution in [2.24, 2.45) is 5.92 Å². The fourth-order valence-corrected chi connectivity index (χ4v) is 2.84. The number of benzene rings is 1. The van der Waals surface area contributed by atoms with Gasteiger partial charge in [0.05, 0.1) is 11.8 Å². The fourth-order valence-electron chi connectivity index (χ4n) is 2.84. The summed E-state index contributed by atoms with van der Waals surface area (Å²) in [4.78, 5) is 11.4. The Morgan fingerprint density at radius 2 is 2.13 bits per heavy atom. The number of carbonyl (C=O) groups excluding carboxylic acids is 1. The highest BCUT2D eigenvalue weighted by molar-refractivity contribution is 5.77. The summed E-state index contributed by atoms with van der Waals surface area (Å²) in [7, 11) is 1.51. The van der Waals surface area contributed by atoms with Crippen LogP contribution in [0.25, 0.3) is 0 Å². The quantitative estimate of drug-likeness (QED) is 0.780. The molecule has 0 spiro atoms. The third kappa shape index (κ3) is 4.86. The molecule has 0 bridgehead atoms. The van der Waals surface area contributed by atoms with Crippen LogP contribution in [0, 0.1) is 17.2 Å². The van der Waals surface area contributed by atoms with E-state index in [2.05, 4.69) is 11.4 Å². The Morgan fingerprint density at radius 1 is 1.39 bits per heavy atom. The number of nitrogen functional groups attached to an aromatic ring is 1. The van der Waals surface area contributed by atoms with Crippen LogP contribution in [0.1, 0.15) is 31.2 Å². The Hall–Kier alpha value is -2.26. The molecule has 1 aromatic rings. The molecule has 0 unspecified atom stereocenters. The molecule has 3 N–H and O–H groups in total. The lowest BCUT2D eigenvalue weighted by molar-refractivity contribution is -0.124. The molecule has 1 amide bonds. The maximum Gasteiger partial charge on any atom is 0.245 e. The van der Waals surface area contributed by atoms with Gasteiger partial charge in [-0.2, -0.15) is 5.26 Å². The van der Waals surface area contributed by atoms with Crippen molar-refractivity contribution in [2.45, 2.75) is 31.8 Å². The third-order valence-electron chi connectivity index (χ3n) is 4.12. The number of ether oxygens (including phenoxy) is 2. The number of rotatable bonds is 6. The normalized spacial score (nSPS) is 20.5. The van der Waals surface area contributed by atoms with Crippen molar-refractivity contribution >= 4 is 11.6 Å². The van der Waals surface area contributed by atoms with Crippen LogP contribution < -0.4 is 15.8 Å². The van der Waals surface area contributed by atoms with Crippen LogP contribution in [0.15, 0.2) is 18.2 Å². The first-order valence-electron chi connectivity index (χ1n) is 7.85. The predicted octanol–water partition coefficient (Wildman–Crippen LogP) is 1.84. The summed E-state index contributed by atoms with van der Waals surface area (Å²) in [5.41, 5.74) is 6.65. The number of nitrogens with zero attached hydrogens (tertiary/aromatic N) is 1. The van der Waals surface area contributed by atoms with E-state index in [4.69, 9.17) is 15.2 Å². The van der Waals surface area contributed by atoms with E-state index in [0.717, 1.165) is 25.7 Å². The first kappa shape index (κ1) is 17.1. The number of amides is 1. The average Bonchev–Trinajstić information content (AvgIpc) is 2.55. The van der Waals surface area contributed by atoms with Gasteiger partial charge in [0.25, 0.3) is 0 Å². The van der Waals surface area contributed by atoms with Gasteiger partial charge in [-0.3, -0.25) is 4.79 Å². The lowest BCUT2D eigenvalue weighted by Crippen LogP contribution is -2.35. The van der Waals surface area contributed by atoms with Crippen molar-refractivity contribution < 1.29 is 14.3 Å². The molecule has 1 aliphatic rings. The first-order chi connectivity index (χ1) is 11.1. The van der Waals surface area contributed by atoms with Gasteiger partial charge in [0, 0.05) is 13.7 Å². The lowest BCUT2D eigenvalue weighted by atomic mass is 9.87. The van der Waals surface area contributed by atoms with Crippen LogP contribution in [-0.2, 0) is 9.53 Å². The summed E-state index contributed by atoms with van der Waals surface area (Å²) in [6.07, 6.45) is 3.88. The maximum absolute atomic E-state index is 11.4. The van der Waals surface area contributed by atoms with E-state index in [1.807, 2.05) is 0 Å². The van der Waals surface area contributed by atoms with E-state index in [0.29, 0.717) is 29.5 Å². The Kier molecular flexibility index (Phi) is 6.24. The van der Waals surface area contributed by atoms with E-state index in [1.54, 1.807) is 18.2 Å². The highest BCUT2D eigenvalue weighted by Crippen LogP contribution is 2.30. The number of nitrogens with two attached hydrogens (primary N) is 1. The molecule has 1 saturated carbocycles. The van der Waals surface area contributed by atoms with Gasteiger partial charge in [-0.15, -0.1) is 0 Å². The van der Waals surface area contributed by atoms with Crippen molar-refractivity contribution in [3.8, 4) is 11.8 Å². The Balaban J connectivity index is 1.80. The molecule has 6 nitrogen and oxygen atoms in total. The number of anilines is 1. The molecule has 6 heteroatoms. The number of nitrogens with one attached hydrogen (secondary N) is 1. The van der Waals surface area contributed by atoms with E-state index >= 15 is 0 Å². The zero-order valence-corrected chi connectivity index (χ0v) is 13.4. The number of methoxy groups -OCH3 is 1. The highest BCUT2D eigenvalue weighted by atomic mass is 16.5. The number of carbonyl (C=O) groups is 1. The van der Waals surface area contributed by atoms with Gasteiger partial charge in [0.1, 0.15) is 24.0 Å². The molecule has 1 aromatic carbocycles. The monoisotopic (exact) mass is 317 g/mol. The summed E-state index contributed by atoms with van der Waals surface area (Å²) in [6, 6.07) is 7.37. The Bertz CT molecular complexity index is 575. The van der Waals surface area contributed by atoms with E-state index in [-0.39, 0.29) is 18.6 Å². The topological polar surface area (TPSA) is 97.4 Å². The second-order valence-corrected chi connectivity index (χ2v) is 5.83. The minimum absolute atomic E-state index is 0.0794. The summed E-state index contributed by atoms with van der Waals surface area (Å²) >= 11 is 0. The summed E-state index contributed by atoms with van der Waals surface area (Å²) in [5.74, 6) is 0.945. The molecule has 0 heterocycles. The van der Waals surface area contributed by atoms with Gasteiger partial charge in [-0.1, -0.05) is 6.07 Å². The molecule has 23 heavy (non-hydrogen) atoms. The highest BCUT2D eigenvalue weighted by Gasteiger charge is 2.23. The second kappa shape index (κ2) is 8.39. The molecule has 124 valence electrons. The van der Waals surface area contributed by atoms with E-state index in [1.165, 1.54) is 7.11 Å². The maximum atomic E-state index is 11.4. The summed E-state index contributed by atoms with van der Waals surface area (Å²) in [5, 5.41) is 12.1. The smallest absolute Gasteiger partial charge is 0.245 e. The van der Waals surface area contributed by atoms with Crippen molar-refractivity contribution in [3.63, 3.8) is 0 Å². The number of hydrogen-bond acceptors (Lipinski definition) is 5. The SMILES string of the molecule is COCC(=O)NCC1CCC(Oc2cccc(N)c2C#N)CC1. The van der Waals surface area contributed by atoms with Crippen LogP contribution >= 0.6 is 0 Å². The van der Waals surface area contributed by atoms with Crippen LogP contribution in [0.2, 0.25) is 0 Å². The molecule has 0 aromatic heterocycles. The predicted molar refractivity (Wildman–Crippen MR) is 86.8 cm³/mol. The van der Waals surface area contributed by atoms with E-state index < -0.39 is 0 Å². The van der Waals surface area contributed by atoms with Crippen LogP contribution in [-0.4, -0.2) is 32.3 Å². The zero-order valence-electron chi connectivity index (χ0n) is 13.4. The molecule has 1 aliphatic carbocycles. The molecule has 0 atom stereocenters. The van der Waals surface area contributed by atoms with Gasteiger partial charge in [0.15, 0.2) is 0 Å². The minimum Gasteiger partial charge on any atom is -0.489 e. The fraction of sp³-hybridized carbons (Fsp3) is 0.529. The molecule has 1 fully saturated rings. The van der Waals surface area contributed by atoms with Crippen LogP contribution in [0.3, 0.4) is 0 Å². The minimum atomic E-state index is -0.0794. The van der Waals surface area contributed by atoms with Gasteiger partial charge in [-0.25, -0.2) is 0 Å². The molecular formula is C17H23N3O3. The van der Waals surface area contributed by atoms with Crippen molar-refractivity contribution in [2.75, 3.05) is 26.0 Å². The molecule has 2 rings (SSSR count). The van der Waals surface area contributed by atoms with Crippen LogP contribution in [0.5, 0.6) is 5.75 Å². The summed E-state index contributed by atoms with van der Waals surface area (Å²) < 4.78 is 10.8. The number of nitriles is 1. The average molecular weight is 317 g/mol. The molecule has 0 saturated heterocycles. The van der Waals surface area contributed by atoms with E-state index in [9.17, 15) is 10.1 Å². The van der Waals surface area contributed by atoms with Gasteiger partial charge in [-0.05, 0) is 43.7 Å². The van der Waals surface area contributed by atoms with Gasteiger partial charge in [0.2, 0.25) is 5.91 Å². The second-order valence-electron chi connectivity index (χ2n) is 5.83. The zero-order chi connectivity index (χ0) is 16.7. The molecular weight excluding hydrogens is 294 g/mol. The van der Waals surface area contributed by atoms with Crippen molar-refractivity contribution in [1.29, 1.82) is 5.26 Å². The van der Waals surface area contributed by atoms with Crippen molar-refractivity contribution in [1.82, 2.24) is 5.32 Å². The molecule has 0 radical (unpaired) electrons. The third-order valence-corrected chi connectivity index (χ3v) is 4.12. The lowest BCUT2D eigenvalue weighted by Gasteiger charge is -2.29. The standard InChI is InChI=1S/C17H23N3O3/c1-22-11-17(21)20-10-12-5-7-13(8-6-12)23-16-4-2-3-15(19)14(16)9-18/h2-4,12-13H,5-8,10-11,19H2,1H3,(H,20,21). The first-order valence-corrected chi connectivity index (χ1v) is 7.85. The van der Waals surface area contributed by atoms with Crippen molar-refractivity contribution in [3.05, 3.63) is 23.8 Å². The Labute approximate surface area is 136 Å². The number of hydrogen-bond donors (Lipinski definition) is 2. The van der Waals surface area contributed by atoms with Gasteiger partial charge >= 0.3 is 0 Å². The Morgan fingerprint density at radius 3 is 2.78 bits per heavy atom. The van der Waals surface area contributed by atoms with Crippen LogP contribution in [0.4, 0.5) is 5.69 Å². The summed E-state index contributed by atoms with van der Waals surface area (Å²) in [6.45, 7) is 0.779. The van der Waals surface area contributed by atoms with Gasteiger partial charge < -0.3 is 20.5 Å². The molecule has 0 aliphatic heterocycles. The largest absolute Gasteiger partial charge is 0.489 e.